The maximum atomic E-state index is 12.5. The first-order valence-corrected chi connectivity index (χ1v) is 10.1. The van der Waals surface area contributed by atoms with Crippen molar-refractivity contribution in [1.82, 2.24) is 19.1 Å². The first-order valence-electron chi connectivity index (χ1n) is 10.1. The van der Waals surface area contributed by atoms with Crippen LogP contribution in [-0.4, -0.2) is 43.6 Å². The fourth-order valence-corrected chi connectivity index (χ4v) is 3.73. The Morgan fingerprint density at radius 2 is 1.88 bits per heavy atom. The average Bonchev–Trinajstić information content (AvgIpc) is 3.17. The number of hydrogen-bond donors (Lipinski definition) is 2. The summed E-state index contributed by atoms with van der Waals surface area (Å²) in [6, 6.07) is 5.09. The van der Waals surface area contributed by atoms with E-state index in [9.17, 15) is 19.2 Å². The maximum Gasteiger partial charge on any atom is 0.332 e. The lowest BCUT2D eigenvalue weighted by molar-refractivity contribution is -0.132. The summed E-state index contributed by atoms with van der Waals surface area (Å²) in [5, 5.41) is 2.81. The van der Waals surface area contributed by atoms with Crippen molar-refractivity contribution in [1.29, 1.82) is 0 Å². The summed E-state index contributed by atoms with van der Waals surface area (Å²) in [4.78, 5) is 57.8. The van der Waals surface area contributed by atoms with Crippen molar-refractivity contribution in [3.63, 3.8) is 0 Å². The summed E-state index contributed by atoms with van der Waals surface area (Å²) in [6.45, 7) is 3.38. The standard InChI is InChI=1S/C21H24N6O5/c1-21(2)19(30)25(3)12-7-6-11(10-13(12)32-21)22-15(28)9-8-14-23-16-17(24-14)26(4)20(31)27(5)18(16)29/h6-7,10H,8-9H2,1-5H3,(H,22,28)(H,23,24). The Hall–Kier alpha value is -3.89. The fraction of sp³-hybridized carbons (Fsp3) is 0.381. The number of fused-ring (bicyclic) bond motifs is 2. The molecule has 0 spiro atoms. The number of amides is 2. The highest BCUT2D eigenvalue weighted by atomic mass is 16.5. The van der Waals surface area contributed by atoms with Crippen LogP contribution in [-0.2, 0) is 30.1 Å². The Bertz CT molecular complexity index is 1380. The molecule has 1 aromatic carbocycles. The Balaban J connectivity index is 1.48. The predicted molar refractivity (Wildman–Crippen MR) is 118 cm³/mol. The molecule has 4 rings (SSSR count). The van der Waals surface area contributed by atoms with Crippen molar-refractivity contribution >= 4 is 34.4 Å². The van der Waals surface area contributed by atoms with Gasteiger partial charge in [0.1, 0.15) is 17.1 Å². The number of carbonyl (C=O) groups excluding carboxylic acids is 2. The minimum Gasteiger partial charge on any atom is -0.476 e. The molecule has 2 N–H and O–H groups in total. The summed E-state index contributed by atoms with van der Waals surface area (Å²) in [7, 11) is 4.61. The molecule has 0 saturated carbocycles. The van der Waals surface area contributed by atoms with Crippen LogP contribution in [0.4, 0.5) is 11.4 Å². The molecule has 0 radical (unpaired) electrons. The molecule has 168 valence electrons. The summed E-state index contributed by atoms with van der Waals surface area (Å²) >= 11 is 0. The minimum atomic E-state index is -0.997. The average molecular weight is 440 g/mol. The van der Waals surface area contributed by atoms with Crippen LogP contribution in [0.3, 0.4) is 0 Å². The number of anilines is 2. The highest BCUT2D eigenvalue weighted by molar-refractivity contribution is 6.02. The largest absolute Gasteiger partial charge is 0.476 e. The van der Waals surface area contributed by atoms with E-state index in [-0.39, 0.29) is 35.8 Å². The summed E-state index contributed by atoms with van der Waals surface area (Å²) in [5.74, 6) is 0.528. The number of aromatic nitrogens is 4. The number of hydrogen-bond acceptors (Lipinski definition) is 6. The molecule has 11 nitrogen and oxygen atoms in total. The second kappa shape index (κ2) is 7.36. The van der Waals surface area contributed by atoms with Crippen LogP contribution in [0.2, 0.25) is 0 Å². The number of ether oxygens (including phenoxy) is 1. The molecule has 0 saturated heterocycles. The second-order valence-electron chi connectivity index (χ2n) is 8.30. The number of imidazole rings is 1. The molecule has 0 unspecified atom stereocenters. The number of rotatable bonds is 4. The van der Waals surface area contributed by atoms with Gasteiger partial charge in [0, 0.05) is 45.7 Å². The number of likely N-dealkylation sites (N-methyl/N-ethyl adjacent to an activating group) is 1. The third-order valence-electron chi connectivity index (χ3n) is 5.52. The van der Waals surface area contributed by atoms with Crippen molar-refractivity contribution in [3.05, 3.63) is 44.9 Å². The quantitative estimate of drug-likeness (QED) is 0.613. The van der Waals surface area contributed by atoms with E-state index in [1.165, 1.54) is 23.6 Å². The monoisotopic (exact) mass is 440 g/mol. The zero-order valence-electron chi connectivity index (χ0n) is 18.5. The van der Waals surface area contributed by atoms with E-state index >= 15 is 0 Å². The van der Waals surface area contributed by atoms with Gasteiger partial charge in [0.2, 0.25) is 5.91 Å². The van der Waals surface area contributed by atoms with E-state index in [0.717, 1.165) is 4.57 Å². The zero-order chi connectivity index (χ0) is 23.4. The van der Waals surface area contributed by atoms with Crippen LogP contribution in [0.5, 0.6) is 5.75 Å². The summed E-state index contributed by atoms with van der Waals surface area (Å²) in [5.41, 5.74) is -0.298. The molecule has 32 heavy (non-hydrogen) atoms. The molecular formula is C21H24N6O5. The van der Waals surface area contributed by atoms with Gasteiger partial charge < -0.3 is 19.9 Å². The van der Waals surface area contributed by atoms with E-state index in [2.05, 4.69) is 15.3 Å². The molecule has 1 aliphatic heterocycles. The van der Waals surface area contributed by atoms with Crippen LogP contribution >= 0.6 is 0 Å². The van der Waals surface area contributed by atoms with Crippen molar-refractivity contribution < 1.29 is 14.3 Å². The van der Waals surface area contributed by atoms with E-state index in [1.54, 1.807) is 39.1 Å². The molecule has 2 aromatic heterocycles. The minimum absolute atomic E-state index is 0.107. The van der Waals surface area contributed by atoms with Gasteiger partial charge in [-0.1, -0.05) is 0 Å². The molecule has 0 atom stereocenters. The Labute approximate surface area is 182 Å². The van der Waals surface area contributed by atoms with Gasteiger partial charge in [-0.2, -0.15) is 0 Å². The highest BCUT2D eigenvalue weighted by Crippen LogP contribution is 2.38. The Morgan fingerprint density at radius 1 is 1.16 bits per heavy atom. The van der Waals surface area contributed by atoms with Crippen molar-refractivity contribution in [2.45, 2.75) is 32.3 Å². The van der Waals surface area contributed by atoms with Gasteiger partial charge in [0.25, 0.3) is 11.5 Å². The van der Waals surface area contributed by atoms with Crippen LogP contribution in [0.25, 0.3) is 11.2 Å². The lowest BCUT2D eigenvalue weighted by Gasteiger charge is -2.37. The summed E-state index contributed by atoms with van der Waals surface area (Å²) < 4.78 is 8.10. The molecular weight excluding hydrogens is 416 g/mol. The number of nitrogens with zero attached hydrogens (tertiary/aromatic N) is 4. The van der Waals surface area contributed by atoms with Gasteiger partial charge in [-0.3, -0.25) is 23.5 Å². The number of aryl methyl sites for hydroxylation is 2. The van der Waals surface area contributed by atoms with Crippen LogP contribution < -0.4 is 26.2 Å². The van der Waals surface area contributed by atoms with Crippen molar-refractivity contribution in [3.8, 4) is 5.75 Å². The lowest BCUT2D eigenvalue weighted by Crippen LogP contribution is -2.50. The number of carbonyl (C=O) groups is 2. The maximum absolute atomic E-state index is 12.5. The van der Waals surface area contributed by atoms with Crippen molar-refractivity contribution in [2.75, 3.05) is 17.3 Å². The molecule has 11 heteroatoms. The topological polar surface area (TPSA) is 131 Å². The first-order chi connectivity index (χ1) is 15.0. The van der Waals surface area contributed by atoms with Gasteiger partial charge in [-0.05, 0) is 26.0 Å². The van der Waals surface area contributed by atoms with Crippen molar-refractivity contribution in [2.24, 2.45) is 14.1 Å². The molecule has 3 aromatic rings. The molecule has 0 aliphatic carbocycles. The van der Waals surface area contributed by atoms with Crippen LogP contribution in [0.1, 0.15) is 26.1 Å². The Kier molecular flexibility index (Phi) is 4.91. The first kappa shape index (κ1) is 21.3. The smallest absolute Gasteiger partial charge is 0.332 e. The number of benzene rings is 1. The van der Waals surface area contributed by atoms with Crippen LogP contribution in [0.15, 0.2) is 27.8 Å². The van der Waals surface area contributed by atoms with Gasteiger partial charge in [0.05, 0.1) is 5.69 Å². The van der Waals surface area contributed by atoms with E-state index in [0.29, 0.717) is 22.9 Å². The normalized spacial score (nSPS) is 14.9. The number of aromatic amines is 1. The fourth-order valence-electron chi connectivity index (χ4n) is 3.73. The van der Waals surface area contributed by atoms with Gasteiger partial charge in [0.15, 0.2) is 11.2 Å². The van der Waals surface area contributed by atoms with Crippen LogP contribution in [0, 0.1) is 0 Å². The molecule has 1 aliphatic rings. The van der Waals surface area contributed by atoms with Gasteiger partial charge in [-0.25, -0.2) is 9.78 Å². The number of nitrogens with one attached hydrogen (secondary N) is 2. The Morgan fingerprint density at radius 3 is 2.59 bits per heavy atom. The molecule has 0 bridgehead atoms. The highest BCUT2D eigenvalue weighted by Gasteiger charge is 2.39. The molecule has 2 amide bonds. The predicted octanol–water partition coefficient (Wildman–Crippen LogP) is 0.665. The molecule has 0 fully saturated rings. The van der Waals surface area contributed by atoms with E-state index < -0.39 is 16.9 Å². The van der Waals surface area contributed by atoms with E-state index in [1.807, 2.05) is 0 Å². The van der Waals surface area contributed by atoms with Gasteiger partial charge >= 0.3 is 5.69 Å². The lowest BCUT2D eigenvalue weighted by atomic mass is 10.0. The molecule has 3 heterocycles. The zero-order valence-corrected chi connectivity index (χ0v) is 18.5. The number of H-pyrrole nitrogens is 1. The third kappa shape index (κ3) is 3.45. The van der Waals surface area contributed by atoms with Gasteiger partial charge in [-0.15, -0.1) is 0 Å². The SMILES string of the molecule is CN1C(=O)C(C)(C)Oc2cc(NC(=O)CCc3nc4c([nH]3)c(=O)n(C)c(=O)n4C)ccc21. The third-order valence-corrected chi connectivity index (χ3v) is 5.52. The van der Waals surface area contributed by atoms with E-state index in [4.69, 9.17) is 4.74 Å². The summed E-state index contributed by atoms with van der Waals surface area (Å²) in [6.07, 6.45) is 0.361. The second-order valence-corrected chi connectivity index (χ2v) is 8.30.